The molecule has 5 rings (SSSR count). The van der Waals surface area contributed by atoms with Gasteiger partial charge >= 0.3 is 12.1 Å². The van der Waals surface area contributed by atoms with Crippen LogP contribution in [-0.4, -0.2) is 58.4 Å². The molecule has 0 aromatic heterocycles. The summed E-state index contributed by atoms with van der Waals surface area (Å²) in [6.45, 7) is 5.72. The first-order chi connectivity index (χ1) is 19.1. The number of benzene rings is 2. The van der Waals surface area contributed by atoms with Gasteiger partial charge in [0.05, 0.1) is 0 Å². The van der Waals surface area contributed by atoms with E-state index in [9.17, 15) is 19.2 Å². The van der Waals surface area contributed by atoms with Crippen molar-refractivity contribution >= 4 is 35.6 Å². The number of hydrogen-bond acceptors (Lipinski definition) is 7. The van der Waals surface area contributed by atoms with Crippen molar-refractivity contribution in [3.63, 3.8) is 0 Å². The quantitative estimate of drug-likeness (QED) is 0.313. The van der Waals surface area contributed by atoms with Gasteiger partial charge in [0.1, 0.15) is 17.0 Å². The van der Waals surface area contributed by atoms with Crippen molar-refractivity contribution in [1.29, 1.82) is 0 Å². The highest BCUT2D eigenvalue weighted by Crippen LogP contribution is 2.42. The molecule has 0 bridgehead atoms. The van der Waals surface area contributed by atoms with Crippen LogP contribution in [0, 0.1) is 0 Å². The van der Waals surface area contributed by atoms with Crippen LogP contribution in [-0.2, 0) is 23.9 Å². The number of alkyl carbamates (subject to hydrolysis) is 1. The minimum absolute atomic E-state index is 0.203. The predicted octanol–water partition coefficient (Wildman–Crippen LogP) is 3.83. The molecule has 40 heavy (non-hydrogen) atoms. The summed E-state index contributed by atoms with van der Waals surface area (Å²) >= 11 is 1.30. The first-order valence-corrected chi connectivity index (χ1v) is 14.0. The van der Waals surface area contributed by atoms with Gasteiger partial charge in [-0.05, 0) is 55.4 Å². The van der Waals surface area contributed by atoms with Crippen LogP contribution in [0.15, 0.2) is 83.3 Å². The normalized spacial score (nSPS) is 23.2. The van der Waals surface area contributed by atoms with Crippen LogP contribution >= 0.6 is 11.8 Å². The molecule has 0 unspecified atom stereocenters. The van der Waals surface area contributed by atoms with Crippen molar-refractivity contribution < 1.29 is 28.7 Å². The molecule has 9 nitrogen and oxygen atoms in total. The molecule has 0 radical (unpaired) electrons. The summed E-state index contributed by atoms with van der Waals surface area (Å²) in [5, 5.41) is 6.63. The minimum Gasteiger partial charge on any atom is -0.451 e. The largest absolute Gasteiger partial charge is 0.451 e. The van der Waals surface area contributed by atoms with Gasteiger partial charge in [-0.15, -0.1) is 11.8 Å². The van der Waals surface area contributed by atoms with Crippen LogP contribution in [0.2, 0.25) is 0 Å². The predicted molar refractivity (Wildman–Crippen MR) is 150 cm³/mol. The molecule has 10 heteroatoms. The molecule has 3 aliphatic heterocycles. The van der Waals surface area contributed by atoms with Crippen LogP contribution in [0.4, 0.5) is 4.79 Å². The Labute approximate surface area is 237 Å². The van der Waals surface area contributed by atoms with E-state index in [1.807, 2.05) is 60.7 Å². The van der Waals surface area contributed by atoms with Gasteiger partial charge < -0.3 is 25.0 Å². The maximum absolute atomic E-state index is 14.0. The van der Waals surface area contributed by atoms with E-state index in [0.29, 0.717) is 24.1 Å². The Bertz CT molecular complexity index is 1330. The Morgan fingerprint density at radius 3 is 2.23 bits per heavy atom. The number of ether oxygens (including phenoxy) is 2. The molecule has 3 atom stereocenters. The van der Waals surface area contributed by atoms with Crippen LogP contribution in [0.25, 0.3) is 0 Å². The number of carbonyl (C=O) groups excluding carboxylic acids is 4. The third-order valence-corrected chi connectivity index (χ3v) is 7.85. The zero-order valence-electron chi connectivity index (χ0n) is 22.5. The van der Waals surface area contributed by atoms with E-state index in [1.165, 1.54) is 16.7 Å². The maximum atomic E-state index is 14.0. The number of fused-ring (bicyclic) bond motifs is 1. The Balaban J connectivity index is 1.45. The molecule has 2 N–H and O–H groups in total. The van der Waals surface area contributed by atoms with Gasteiger partial charge in [0.15, 0.2) is 12.1 Å². The lowest BCUT2D eigenvalue weighted by atomic mass is 9.95. The van der Waals surface area contributed by atoms with E-state index in [-0.39, 0.29) is 5.91 Å². The molecule has 0 spiro atoms. The summed E-state index contributed by atoms with van der Waals surface area (Å²) in [7, 11) is 0. The zero-order chi connectivity index (χ0) is 28.4. The Kier molecular flexibility index (Phi) is 7.71. The van der Waals surface area contributed by atoms with E-state index in [0.717, 1.165) is 11.1 Å². The topological polar surface area (TPSA) is 114 Å². The van der Waals surface area contributed by atoms with Gasteiger partial charge in [-0.3, -0.25) is 9.59 Å². The van der Waals surface area contributed by atoms with Crippen molar-refractivity contribution in [2.75, 3.05) is 6.54 Å². The second kappa shape index (κ2) is 11.2. The molecule has 3 heterocycles. The fourth-order valence-electron chi connectivity index (χ4n) is 4.85. The monoisotopic (exact) mass is 561 g/mol. The standard InChI is InChI=1S/C30H31N3O6S/c1-30(2,3)39-29(37)32-22-26(35)33-23(21(17-40-27(22)33)16-20-14-15-31-25(20)34)28(36)38-24(18-10-6-4-7-11-18)19-12-8-5-9-13-19/h4-13,16-17,22-24,27H,14-15H2,1-3H3,(H,31,34)(H,32,37)/b20-16+/t22-,23-,27-/m1/s1. The van der Waals surface area contributed by atoms with Gasteiger partial charge in [-0.2, -0.15) is 0 Å². The average Bonchev–Trinajstić information content (AvgIpc) is 3.34. The van der Waals surface area contributed by atoms with E-state index in [1.54, 1.807) is 32.3 Å². The smallest absolute Gasteiger partial charge is 0.408 e. The SMILES string of the molecule is CC(C)(C)OC(=O)N[C@@H]1C(=O)N2[C@@H](C(=O)OC(c3ccccc3)c3ccccc3)C(/C=C3\CCNC3=O)=CS[C@H]12. The fourth-order valence-corrected chi connectivity index (χ4v) is 6.04. The lowest BCUT2D eigenvalue weighted by Gasteiger charge is -2.51. The average molecular weight is 562 g/mol. The molecular formula is C30H31N3O6S. The van der Waals surface area contributed by atoms with Crippen LogP contribution < -0.4 is 10.6 Å². The van der Waals surface area contributed by atoms with Crippen LogP contribution in [0.1, 0.15) is 44.4 Å². The number of carbonyl (C=O) groups is 4. The number of hydrogen-bond donors (Lipinski definition) is 2. The summed E-state index contributed by atoms with van der Waals surface area (Å²) < 4.78 is 11.5. The highest BCUT2D eigenvalue weighted by atomic mass is 32.2. The third kappa shape index (κ3) is 5.77. The number of rotatable bonds is 6. The lowest BCUT2D eigenvalue weighted by Crippen LogP contribution is -2.74. The van der Waals surface area contributed by atoms with Crippen molar-refractivity contribution in [3.05, 3.63) is 94.4 Å². The summed E-state index contributed by atoms with van der Waals surface area (Å²) in [5.74, 6) is -1.26. The van der Waals surface area contributed by atoms with Crippen LogP contribution in [0.3, 0.4) is 0 Å². The second-order valence-electron chi connectivity index (χ2n) is 10.7. The van der Waals surface area contributed by atoms with Gasteiger partial charge in [-0.1, -0.05) is 60.7 Å². The fraction of sp³-hybridized carbons (Fsp3) is 0.333. The minimum atomic E-state index is -1.09. The molecule has 2 saturated heterocycles. The van der Waals surface area contributed by atoms with Crippen molar-refractivity contribution in [3.8, 4) is 0 Å². The van der Waals surface area contributed by atoms with E-state index < -0.39 is 47.1 Å². The molecule has 3 amide bonds. The molecule has 0 aliphatic carbocycles. The number of nitrogens with one attached hydrogen (secondary N) is 2. The molecule has 2 aromatic rings. The summed E-state index contributed by atoms with van der Waals surface area (Å²) in [5.41, 5.74) is 1.85. The number of β-lactam (4-membered cyclic amide) rings is 1. The number of nitrogens with zero attached hydrogens (tertiary/aromatic N) is 1. The van der Waals surface area contributed by atoms with Gasteiger partial charge in [0.25, 0.3) is 0 Å². The first kappa shape index (κ1) is 27.5. The zero-order valence-corrected chi connectivity index (χ0v) is 23.3. The van der Waals surface area contributed by atoms with E-state index in [4.69, 9.17) is 9.47 Å². The second-order valence-corrected chi connectivity index (χ2v) is 11.7. The van der Waals surface area contributed by atoms with Gasteiger partial charge in [0, 0.05) is 12.1 Å². The Morgan fingerprint density at radius 2 is 1.68 bits per heavy atom. The summed E-state index contributed by atoms with van der Waals surface area (Å²) in [4.78, 5) is 53.5. The molecule has 2 aromatic carbocycles. The lowest BCUT2D eigenvalue weighted by molar-refractivity contribution is -0.164. The van der Waals surface area contributed by atoms with E-state index in [2.05, 4.69) is 10.6 Å². The first-order valence-electron chi connectivity index (χ1n) is 13.1. The number of thioether (sulfide) groups is 1. The Hall–Kier alpha value is -4.05. The van der Waals surface area contributed by atoms with Crippen molar-refractivity contribution in [2.24, 2.45) is 0 Å². The van der Waals surface area contributed by atoms with E-state index >= 15 is 0 Å². The maximum Gasteiger partial charge on any atom is 0.408 e. The van der Waals surface area contributed by atoms with Crippen molar-refractivity contribution in [1.82, 2.24) is 15.5 Å². The molecule has 2 fully saturated rings. The summed E-state index contributed by atoms with van der Waals surface area (Å²) in [6, 6.07) is 16.8. The molecular weight excluding hydrogens is 530 g/mol. The molecule has 0 saturated carbocycles. The number of esters is 1. The van der Waals surface area contributed by atoms with Crippen LogP contribution in [0.5, 0.6) is 0 Å². The third-order valence-electron chi connectivity index (χ3n) is 6.66. The Morgan fingerprint density at radius 1 is 1.05 bits per heavy atom. The highest BCUT2D eigenvalue weighted by molar-refractivity contribution is 8.03. The highest BCUT2D eigenvalue weighted by Gasteiger charge is 2.56. The molecule has 208 valence electrons. The molecule has 3 aliphatic rings. The number of amides is 3. The van der Waals surface area contributed by atoms with Gasteiger partial charge in [0.2, 0.25) is 11.8 Å². The van der Waals surface area contributed by atoms with Crippen molar-refractivity contribution in [2.45, 2.75) is 56.4 Å². The van der Waals surface area contributed by atoms with Gasteiger partial charge in [-0.25, -0.2) is 9.59 Å². The summed E-state index contributed by atoms with van der Waals surface area (Å²) in [6.07, 6.45) is 0.760.